The molecule has 1 aromatic rings. The van der Waals surface area contributed by atoms with Crippen molar-refractivity contribution in [2.75, 3.05) is 13.1 Å². The highest BCUT2D eigenvalue weighted by Gasteiger charge is 2.25. The minimum Gasteiger partial charge on any atom is -0.314 e. The number of nitrogens with one attached hydrogen (secondary N) is 1. The zero-order valence-corrected chi connectivity index (χ0v) is 12.7. The molecule has 19 heavy (non-hydrogen) atoms. The Hall–Kier alpha value is -0.980. The van der Waals surface area contributed by atoms with E-state index in [4.69, 9.17) is 0 Å². The van der Waals surface area contributed by atoms with E-state index in [1.807, 2.05) is 6.07 Å². The zero-order chi connectivity index (χ0) is 14.0. The van der Waals surface area contributed by atoms with Gasteiger partial charge in [-0.25, -0.2) is 0 Å². The Morgan fingerprint density at radius 1 is 1.42 bits per heavy atom. The van der Waals surface area contributed by atoms with Crippen LogP contribution in [-0.2, 0) is 6.54 Å². The largest absolute Gasteiger partial charge is 0.314 e. The molecule has 1 saturated heterocycles. The third-order valence-electron chi connectivity index (χ3n) is 3.61. The van der Waals surface area contributed by atoms with Gasteiger partial charge in [-0.05, 0) is 25.5 Å². The second-order valence-corrected chi connectivity index (χ2v) is 5.92. The van der Waals surface area contributed by atoms with Gasteiger partial charge in [0.2, 0.25) is 0 Å². The zero-order valence-electron chi connectivity index (χ0n) is 11.1. The van der Waals surface area contributed by atoms with Gasteiger partial charge in [-0.1, -0.05) is 15.9 Å². The lowest BCUT2D eigenvalue weighted by Gasteiger charge is -2.39. The fourth-order valence-corrected chi connectivity index (χ4v) is 2.95. The summed E-state index contributed by atoms with van der Waals surface area (Å²) >= 11 is 3.44. The van der Waals surface area contributed by atoms with Crippen LogP contribution in [0.15, 0.2) is 22.7 Å². The van der Waals surface area contributed by atoms with E-state index in [0.29, 0.717) is 12.1 Å². The molecular weight excluding hydrogens is 310 g/mol. The molecule has 0 aliphatic carbocycles. The first-order valence-electron chi connectivity index (χ1n) is 6.38. The molecule has 6 heteroatoms. The summed E-state index contributed by atoms with van der Waals surface area (Å²) in [5.41, 5.74) is 1.21. The van der Waals surface area contributed by atoms with Crippen molar-refractivity contribution in [1.29, 1.82) is 0 Å². The van der Waals surface area contributed by atoms with Crippen molar-refractivity contribution < 1.29 is 4.92 Å². The number of rotatable bonds is 3. The maximum atomic E-state index is 10.7. The van der Waals surface area contributed by atoms with Crippen LogP contribution in [0.2, 0.25) is 0 Å². The SMILES string of the molecule is CC1CNCC(C)N1Cc1ccc([N+](=O)[O-])cc1Br. The van der Waals surface area contributed by atoms with Gasteiger partial charge in [0.25, 0.3) is 5.69 Å². The van der Waals surface area contributed by atoms with Gasteiger partial charge in [0.15, 0.2) is 0 Å². The summed E-state index contributed by atoms with van der Waals surface area (Å²) < 4.78 is 0.805. The van der Waals surface area contributed by atoms with Gasteiger partial charge in [0.1, 0.15) is 0 Å². The Kier molecular flexibility index (Phi) is 4.54. The fourth-order valence-electron chi connectivity index (χ4n) is 2.46. The maximum Gasteiger partial charge on any atom is 0.270 e. The number of nitrogens with zero attached hydrogens (tertiary/aromatic N) is 2. The molecular formula is C13H18BrN3O2. The topological polar surface area (TPSA) is 58.4 Å². The summed E-state index contributed by atoms with van der Waals surface area (Å²) in [5.74, 6) is 0. The standard InChI is InChI=1S/C13H18BrN3O2/c1-9-6-15-7-10(2)16(9)8-11-3-4-12(17(18)19)5-13(11)14/h3-5,9-10,15H,6-8H2,1-2H3. The van der Waals surface area contributed by atoms with Gasteiger partial charge in [-0.2, -0.15) is 0 Å². The molecule has 0 amide bonds. The number of piperazine rings is 1. The Morgan fingerprint density at radius 2 is 2.05 bits per heavy atom. The number of nitro groups is 1. The molecule has 2 rings (SSSR count). The fraction of sp³-hybridized carbons (Fsp3) is 0.538. The van der Waals surface area contributed by atoms with Crippen molar-refractivity contribution in [3.63, 3.8) is 0 Å². The second kappa shape index (κ2) is 5.98. The van der Waals surface area contributed by atoms with Crippen molar-refractivity contribution in [2.24, 2.45) is 0 Å². The first kappa shape index (κ1) is 14.4. The summed E-state index contributed by atoms with van der Waals surface area (Å²) in [6.07, 6.45) is 0. The number of benzene rings is 1. The predicted octanol–water partition coefficient (Wildman–Crippen LogP) is 2.54. The number of nitro benzene ring substituents is 1. The molecule has 5 nitrogen and oxygen atoms in total. The summed E-state index contributed by atoms with van der Waals surface area (Å²) in [6, 6.07) is 5.91. The highest BCUT2D eigenvalue weighted by molar-refractivity contribution is 9.10. The van der Waals surface area contributed by atoms with Crippen LogP contribution in [0.5, 0.6) is 0 Å². The van der Waals surface area contributed by atoms with Crippen LogP contribution < -0.4 is 5.32 Å². The highest BCUT2D eigenvalue weighted by atomic mass is 79.9. The first-order valence-corrected chi connectivity index (χ1v) is 7.17. The maximum absolute atomic E-state index is 10.7. The van der Waals surface area contributed by atoms with Crippen LogP contribution in [-0.4, -0.2) is 35.0 Å². The van der Waals surface area contributed by atoms with Crippen LogP contribution in [0, 0.1) is 10.1 Å². The predicted molar refractivity (Wildman–Crippen MR) is 78.1 cm³/mol. The summed E-state index contributed by atoms with van der Waals surface area (Å²) in [7, 11) is 0. The third-order valence-corrected chi connectivity index (χ3v) is 4.35. The van der Waals surface area contributed by atoms with E-state index in [-0.39, 0.29) is 10.6 Å². The molecule has 1 N–H and O–H groups in total. The Morgan fingerprint density at radius 3 is 2.58 bits per heavy atom. The van der Waals surface area contributed by atoms with E-state index in [2.05, 4.69) is 40.0 Å². The molecule has 2 atom stereocenters. The van der Waals surface area contributed by atoms with E-state index >= 15 is 0 Å². The number of halogens is 1. The van der Waals surface area contributed by atoms with E-state index in [1.165, 1.54) is 0 Å². The first-order chi connectivity index (χ1) is 8.99. The smallest absolute Gasteiger partial charge is 0.270 e. The van der Waals surface area contributed by atoms with E-state index in [9.17, 15) is 10.1 Å². The van der Waals surface area contributed by atoms with E-state index < -0.39 is 0 Å². The molecule has 0 aromatic heterocycles. The molecule has 2 unspecified atom stereocenters. The van der Waals surface area contributed by atoms with Crippen molar-refractivity contribution in [3.8, 4) is 0 Å². The van der Waals surface area contributed by atoms with Gasteiger partial charge in [-0.15, -0.1) is 0 Å². The molecule has 0 bridgehead atoms. The van der Waals surface area contributed by atoms with Crippen molar-refractivity contribution in [3.05, 3.63) is 38.3 Å². The van der Waals surface area contributed by atoms with Crippen molar-refractivity contribution >= 4 is 21.6 Å². The molecule has 0 spiro atoms. The lowest BCUT2D eigenvalue weighted by molar-refractivity contribution is -0.384. The van der Waals surface area contributed by atoms with E-state index in [0.717, 1.165) is 29.7 Å². The monoisotopic (exact) mass is 327 g/mol. The van der Waals surface area contributed by atoms with Gasteiger partial charge in [-0.3, -0.25) is 15.0 Å². The second-order valence-electron chi connectivity index (χ2n) is 5.06. The number of hydrogen-bond acceptors (Lipinski definition) is 4. The minimum atomic E-state index is -0.370. The number of non-ortho nitro benzene ring substituents is 1. The average Bonchev–Trinajstić information content (AvgIpc) is 2.35. The van der Waals surface area contributed by atoms with Crippen LogP contribution in [0.1, 0.15) is 19.4 Å². The average molecular weight is 328 g/mol. The van der Waals surface area contributed by atoms with Crippen LogP contribution in [0.4, 0.5) is 5.69 Å². The summed E-state index contributed by atoms with van der Waals surface area (Å²) in [5, 5.41) is 14.1. The highest BCUT2D eigenvalue weighted by Crippen LogP contribution is 2.25. The van der Waals surface area contributed by atoms with Gasteiger partial charge in [0, 0.05) is 48.3 Å². The minimum absolute atomic E-state index is 0.122. The molecule has 1 aromatic carbocycles. The van der Waals surface area contributed by atoms with Gasteiger partial charge < -0.3 is 5.32 Å². The molecule has 1 aliphatic rings. The van der Waals surface area contributed by atoms with Crippen LogP contribution in [0.3, 0.4) is 0 Å². The molecule has 1 heterocycles. The summed E-state index contributed by atoms with van der Waals surface area (Å²) in [6.45, 7) is 7.16. The van der Waals surface area contributed by atoms with Crippen LogP contribution in [0.25, 0.3) is 0 Å². The normalized spacial score (nSPS) is 24.4. The van der Waals surface area contributed by atoms with Gasteiger partial charge in [0.05, 0.1) is 4.92 Å². The van der Waals surface area contributed by atoms with Crippen LogP contribution >= 0.6 is 15.9 Å². The Balaban J connectivity index is 2.16. The number of hydrogen-bond donors (Lipinski definition) is 1. The summed E-state index contributed by atoms with van der Waals surface area (Å²) in [4.78, 5) is 12.8. The van der Waals surface area contributed by atoms with Crippen molar-refractivity contribution in [2.45, 2.75) is 32.5 Å². The lowest BCUT2D eigenvalue weighted by Crippen LogP contribution is -2.54. The molecule has 1 aliphatic heterocycles. The van der Waals surface area contributed by atoms with Gasteiger partial charge >= 0.3 is 0 Å². The quantitative estimate of drug-likeness (QED) is 0.684. The van der Waals surface area contributed by atoms with E-state index in [1.54, 1.807) is 12.1 Å². The molecule has 0 saturated carbocycles. The van der Waals surface area contributed by atoms with Crippen molar-refractivity contribution in [1.82, 2.24) is 10.2 Å². The Bertz CT molecular complexity index is 471. The molecule has 1 fully saturated rings. The molecule has 104 valence electrons. The molecule has 0 radical (unpaired) electrons. The third kappa shape index (κ3) is 3.32. The lowest BCUT2D eigenvalue weighted by atomic mass is 10.1. The Labute approximate surface area is 121 Å².